The molecule has 0 unspecified atom stereocenters. The predicted octanol–water partition coefficient (Wildman–Crippen LogP) is 3.53. The molecule has 3 amide bonds. The summed E-state index contributed by atoms with van der Waals surface area (Å²) in [4.78, 5) is 41.8. The Morgan fingerprint density at radius 2 is 1.90 bits per heavy atom. The predicted molar refractivity (Wildman–Crippen MR) is 154 cm³/mol. The fourth-order valence-electron chi connectivity index (χ4n) is 4.93. The molecule has 2 aliphatic rings. The van der Waals surface area contributed by atoms with Crippen LogP contribution in [0.4, 0.5) is 11.4 Å². The van der Waals surface area contributed by atoms with Crippen molar-refractivity contribution >= 4 is 45.0 Å². The van der Waals surface area contributed by atoms with Gasteiger partial charge in [-0.3, -0.25) is 19.3 Å². The lowest BCUT2D eigenvalue weighted by Crippen LogP contribution is -2.39. The molecule has 0 aromatic heterocycles. The van der Waals surface area contributed by atoms with Gasteiger partial charge in [-0.25, -0.2) is 0 Å². The van der Waals surface area contributed by atoms with Crippen molar-refractivity contribution in [3.8, 4) is 5.75 Å². The number of morpholine rings is 1. The quantitative estimate of drug-likeness (QED) is 0.383. The lowest BCUT2D eigenvalue weighted by Gasteiger charge is -2.26. The van der Waals surface area contributed by atoms with Gasteiger partial charge in [-0.05, 0) is 73.8 Å². The molecule has 2 fully saturated rings. The van der Waals surface area contributed by atoms with Gasteiger partial charge in [0.05, 0.1) is 19.1 Å². The van der Waals surface area contributed by atoms with Gasteiger partial charge in [-0.15, -0.1) is 0 Å². The van der Waals surface area contributed by atoms with E-state index in [0.29, 0.717) is 24.5 Å². The number of benzene rings is 2. The maximum atomic E-state index is 12.6. The molecule has 0 spiro atoms. The first-order valence-electron chi connectivity index (χ1n) is 13.5. The average molecular weight is 602 g/mol. The van der Waals surface area contributed by atoms with E-state index in [1.165, 1.54) is 0 Å². The van der Waals surface area contributed by atoms with Crippen molar-refractivity contribution in [2.24, 2.45) is 5.92 Å². The lowest BCUT2D eigenvalue weighted by molar-refractivity contribution is -0.126. The van der Waals surface area contributed by atoms with E-state index in [9.17, 15) is 14.4 Å². The van der Waals surface area contributed by atoms with Crippen LogP contribution in [0.25, 0.3) is 0 Å². The zero-order valence-electron chi connectivity index (χ0n) is 22.6. The molecule has 0 aliphatic carbocycles. The van der Waals surface area contributed by atoms with Crippen LogP contribution >= 0.6 is 15.9 Å². The van der Waals surface area contributed by atoms with Crippen LogP contribution in [-0.2, 0) is 25.5 Å². The second-order valence-electron chi connectivity index (χ2n) is 9.95. The molecule has 2 heterocycles. The molecule has 0 saturated carbocycles. The number of halogens is 1. The molecule has 2 aromatic rings. The summed E-state index contributed by atoms with van der Waals surface area (Å²) >= 11 is 3.50. The highest BCUT2D eigenvalue weighted by Crippen LogP contribution is 2.28. The summed E-state index contributed by atoms with van der Waals surface area (Å²) in [5.41, 5.74) is 3.55. The van der Waals surface area contributed by atoms with Gasteiger partial charge in [0.15, 0.2) is 6.61 Å². The maximum Gasteiger partial charge on any atom is 0.262 e. The number of nitrogens with zero attached hydrogens (tertiary/aromatic N) is 2. The Bertz CT molecular complexity index is 1170. The molecule has 2 aliphatic heterocycles. The van der Waals surface area contributed by atoms with E-state index in [1.54, 1.807) is 29.2 Å². The van der Waals surface area contributed by atoms with Crippen molar-refractivity contribution in [1.82, 2.24) is 10.2 Å². The van der Waals surface area contributed by atoms with Crippen molar-refractivity contribution in [3.05, 3.63) is 52.0 Å². The summed E-state index contributed by atoms with van der Waals surface area (Å²) in [5, 5.41) is 5.94. The van der Waals surface area contributed by atoms with Crippen LogP contribution in [0.2, 0.25) is 0 Å². The molecule has 10 heteroatoms. The average Bonchev–Trinajstić information content (AvgIpc) is 3.33. The van der Waals surface area contributed by atoms with Gasteiger partial charge in [-0.1, -0.05) is 22.9 Å². The van der Waals surface area contributed by atoms with E-state index in [-0.39, 0.29) is 36.7 Å². The number of anilines is 2. The summed E-state index contributed by atoms with van der Waals surface area (Å²) < 4.78 is 12.0. The van der Waals surface area contributed by atoms with Crippen molar-refractivity contribution in [2.75, 3.05) is 62.8 Å². The van der Waals surface area contributed by atoms with Crippen molar-refractivity contribution in [2.45, 2.75) is 33.1 Å². The summed E-state index contributed by atoms with van der Waals surface area (Å²) in [5.74, 6) is -0.235. The van der Waals surface area contributed by atoms with Crippen LogP contribution in [-0.4, -0.2) is 75.2 Å². The van der Waals surface area contributed by atoms with E-state index < -0.39 is 0 Å². The number of hydrogen-bond acceptors (Lipinski definition) is 6. The first-order valence-corrected chi connectivity index (χ1v) is 14.3. The number of rotatable bonds is 11. The van der Waals surface area contributed by atoms with Gasteiger partial charge in [0, 0.05) is 48.4 Å². The number of amides is 3. The fraction of sp³-hybridized carbons (Fsp3) is 0.483. The van der Waals surface area contributed by atoms with Gasteiger partial charge in [0.1, 0.15) is 5.75 Å². The largest absolute Gasteiger partial charge is 0.484 e. The molecule has 2 aromatic carbocycles. The molecule has 2 N–H and O–H groups in total. The van der Waals surface area contributed by atoms with Gasteiger partial charge < -0.3 is 25.0 Å². The Morgan fingerprint density at radius 3 is 2.62 bits per heavy atom. The van der Waals surface area contributed by atoms with Gasteiger partial charge >= 0.3 is 0 Å². The number of nitrogens with one attached hydrogen (secondary N) is 2. The topological polar surface area (TPSA) is 100 Å². The molecule has 210 valence electrons. The Balaban J connectivity index is 1.22. The Morgan fingerprint density at radius 1 is 1.15 bits per heavy atom. The van der Waals surface area contributed by atoms with Gasteiger partial charge in [0.25, 0.3) is 5.91 Å². The van der Waals surface area contributed by atoms with Crippen molar-refractivity contribution in [3.63, 3.8) is 0 Å². The number of carbonyl (C=O) groups is 3. The highest BCUT2D eigenvalue weighted by atomic mass is 79.9. The molecular formula is C29H37BrN4O5. The normalized spacial score (nSPS) is 17.8. The summed E-state index contributed by atoms with van der Waals surface area (Å²) in [6.07, 6.45) is 1.87. The first kappa shape index (κ1) is 29.0. The Labute approximate surface area is 238 Å². The second-order valence-corrected chi connectivity index (χ2v) is 10.9. The third-order valence-electron chi connectivity index (χ3n) is 7.10. The van der Waals surface area contributed by atoms with Crippen LogP contribution in [0.15, 0.2) is 40.9 Å². The third-order valence-corrected chi connectivity index (χ3v) is 7.55. The van der Waals surface area contributed by atoms with Gasteiger partial charge in [0.2, 0.25) is 11.8 Å². The maximum absolute atomic E-state index is 12.6. The van der Waals surface area contributed by atoms with E-state index in [1.807, 2.05) is 26.0 Å². The number of ether oxygens (including phenoxy) is 2. The third kappa shape index (κ3) is 8.03. The van der Waals surface area contributed by atoms with E-state index in [0.717, 1.165) is 67.0 Å². The zero-order chi connectivity index (χ0) is 27.8. The first-order chi connectivity index (χ1) is 18.8. The molecule has 39 heavy (non-hydrogen) atoms. The summed E-state index contributed by atoms with van der Waals surface area (Å²) in [6, 6.07) is 11.0. The van der Waals surface area contributed by atoms with Crippen LogP contribution in [0.3, 0.4) is 0 Å². The van der Waals surface area contributed by atoms with E-state index in [2.05, 4.69) is 31.5 Å². The highest BCUT2D eigenvalue weighted by Gasteiger charge is 2.35. The van der Waals surface area contributed by atoms with E-state index in [4.69, 9.17) is 9.47 Å². The molecule has 1 atom stereocenters. The highest BCUT2D eigenvalue weighted by molar-refractivity contribution is 9.10. The second kappa shape index (κ2) is 13.9. The molecule has 4 rings (SSSR count). The zero-order valence-corrected chi connectivity index (χ0v) is 24.2. The standard InChI is InChI=1S/C29H37BrN4O5/c1-3-21-16-23(30)15-20(2)28(21)32-26(35)19-39-25-7-5-24(6-8-25)34-18-22(17-27(34)36)29(37)31-9-4-10-33-11-13-38-14-12-33/h5-8,15-16,22H,3-4,9-14,17-19H2,1-2H3,(H,31,37)(H,32,35)/t22-/m0/s1. The van der Waals surface area contributed by atoms with Crippen LogP contribution < -0.4 is 20.3 Å². The minimum absolute atomic E-state index is 0.0758. The lowest BCUT2D eigenvalue weighted by atomic mass is 10.1. The minimum Gasteiger partial charge on any atom is -0.484 e. The Hall–Kier alpha value is -2.95. The number of carbonyl (C=O) groups excluding carboxylic acids is 3. The van der Waals surface area contributed by atoms with Gasteiger partial charge in [-0.2, -0.15) is 0 Å². The monoisotopic (exact) mass is 600 g/mol. The Kier molecular flexibility index (Phi) is 10.4. The molecule has 2 saturated heterocycles. The molecule has 9 nitrogen and oxygen atoms in total. The molecule has 0 bridgehead atoms. The van der Waals surface area contributed by atoms with Crippen molar-refractivity contribution < 1.29 is 23.9 Å². The summed E-state index contributed by atoms with van der Waals surface area (Å²) in [7, 11) is 0. The SMILES string of the molecule is CCc1cc(Br)cc(C)c1NC(=O)COc1ccc(N2C[C@@H](C(=O)NCCCN3CCOCC3)CC2=O)cc1. The smallest absolute Gasteiger partial charge is 0.262 e. The molecular weight excluding hydrogens is 564 g/mol. The molecule has 0 radical (unpaired) electrons. The van der Waals surface area contributed by atoms with Crippen LogP contribution in [0, 0.1) is 12.8 Å². The van der Waals surface area contributed by atoms with E-state index >= 15 is 0 Å². The number of aryl methyl sites for hydroxylation is 2. The fourth-order valence-corrected chi connectivity index (χ4v) is 5.55. The van der Waals surface area contributed by atoms with Crippen molar-refractivity contribution in [1.29, 1.82) is 0 Å². The number of hydrogen-bond donors (Lipinski definition) is 2. The summed E-state index contributed by atoms with van der Waals surface area (Å²) in [6.45, 7) is 9.15. The minimum atomic E-state index is -0.365. The van der Waals surface area contributed by atoms with Crippen LogP contribution in [0.5, 0.6) is 5.75 Å². The van der Waals surface area contributed by atoms with Crippen LogP contribution in [0.1, 0.15) is 30.9 Å².